The second-order valence-corrected chi connectivity index (χ2v) is 5.83. The minimum Gasteiger partial charge on any atom is -0.389 e. The molecule has 6 nitrogen and oxygen atoms in total. The van der Waals surface area contributed by atoms with E-state index in [0.717, 1.165) is 19.7 Å². The summed E-state index contributed by atoms with van der Waals surface area (Å²) in [5.74, 6) is 0. The van der Waals surface area contributed by atoms with E-state index in [-0.39, 0.29) is 6.10 Å². The summed E-state index contributed by atoms with van der Waals surface area (Å²) in [6, 6.07) is 0.644. The average molecular weight is 302 g/mol. The number of aliphatic hydroxyl groups excluding tert-OH is 1. The third-order valence-electron chi connectivity index (χ3n) is 4.10. The van der Waals surface area contributed by atoms with E-state index in [1.165, 1.54) is 19.4 Å². The van der Waals surface area contributed by atoms with Crippen molar-refractivity contribution in [3.63, 3.8) is 0 Å². The molecule has 2 rings (SSSR count). The van der Waals surface area contributed by atoms with Gasteiger partial charge in [0.15, 0.2) is 0 Å². The fourth-order valence-electron chi connectivity index (χ4n) is 2.96. The van der Waals surface area contributed by atoms with Crippen molar-refractivity contribution in [3.05, 3.63) is 0 Å². The van der Waals surface area contributed by atoms with Crippen molar-refractivity contribution in [2.24, 2.45) is 0 Å². The molecule has 2 heterocycles. The summed E-state index contributed by atoms with van der Waals surface area (Å²) in [7, 11) is 0. The zero-order valence-electron chi connectivity index (χ0n) is 13.1. The van der Waals surface area contributed by atoms with Crippen LogP contribution in [0.15, 0.2) is 0 Å². The van der Waals surface area contributed by atoms with Crippen LogP contribution in [0.25, 0.3) is 0 Å². The van der Waals surface area contributed by atoms with Crippen LogP contribution in [0.2, 0.25) is 0 Å². The van der Waals surface area contributed by atoms with E-state index < -0.39 is 6.10 Å². The van der Waals surface area contributed by atoms with Crippen LogP contribution in [0.3, 0.4) is 0 Å². The van der Waals surface area contributed by atoms with Crippen LogP contribution in [-0.4, -0.2) is 87.5 Å². The second kappa shape index (κ2) is 9.71. The predicted octanol–water partition coefficient (Wildman–Crippen LogP) is -0.147. The maximum atomic E-state index is 9.81. The van der Waals surface area contributed by atoms with Crippen LogP contribution in [0.5, 0.6) is 0 Å². The molecule has 2 fully saturated rings. The molecule has 2 aliphatic heterocycles. The quantitative estimate of drug-likeness (QED) is 0.548. The van der Waals surface area contributed by atoms with Crippen LogP contribution in [0.1, 0.15) is 19.8 Å². The zero-order chi connectivity index (χ0) is 14.9. The minimum atomic E-state index is -0.477. The first-order valence-corrected chi connectivity index (χ1v) is 8.19. The Morgan fingerprint density at radius 1 is 1.38 bits per heavy atom. The van der Waals surface area contributed by atoms with Gasteiger partial charge in [0.1, 0.15) is 0 Å². The molecule has 0 saturated carbocycles. The first kappa shape index (κ1) is 17.1. The number of hydrogen-bond acceptors (Lipinski definition) is 6. The lowest BCUT2D eigenvalue weighted by molar-refractivity contribution is -0.0487. The Bertz CT molecular complexity index is 280. The largest absolute Gasteiger partial charge is 0.389 e. The van der Waals surface area contributed by atoms with Gasteiger partial charge in [0.25, 0.3) is 0 Å². The highest BCUT2D eigenvalue weighted by Crippen LogP contribution is 2.22. The SMILES string of the molecule is CCOCCOCC(O)CNCC1CN2CCCC2CO1. The van der Waals surface area contributed by atoms with Gasteiger partial charge in [-0.05, 0) is 26.3 Å². The molecule has 0 aromatic carbocycles. The van der Waals surface area contributed by atoms with E-state index in [1.807, 2.05) is 6.92 Å². The van der Waals surface area contributed by atoms with E-state index in [0.29, 0.717) is 39.0 Å². The van der Waals surface area contributed by atoms with Crippen LogP contribution >= 0.6 is 0 Å². The molecule has 2 aliphatic rings. The molecule has 0 bridgehead atoms. The monoisotopic (exact) mass is 302 g/mol. The van der Waals surface area contributed by atoms with Gasteiger partial charge in [0.05, 0.1) is 38.6 Å². The van der Waals surface area contributed by atoms with Crippen molar-refractivity contribution >= 4 is 0 Å². The van der Waals surface area contributed by atoms with Gasteiger partial charge in [-0.2, -0.15) is 0 Å². The summed E-state index contributed by atoms with van der Waals surface area (Å²) in [5, 5.41) is 13.1. The van der Waals surface area contributed by atoms with E-state index in [9.17, 15) is 5.11 Å². The predicted molar refractivity (Wildman–Crippen MR) is 80.5 cm³/mol. The summed E-state index contributed by atoms with van der Waals surface area (Å²) in [6.45, 7) is 8.53. The van der Waals surface area contributed by atoms with E-state index in [1.54, 1.807) is 0 Å². The van der Waals surface area contributed by atoms with Crippen LogP contribution < -0.4 is 5.32 Å². The van der Waals surface area contributed by atoms with Crippen molar-refractivity contribution in [3.8, 4) is 0 Å². The Kier molecular flexibility index (Phi) is 7.92. The lowest BCUT2D eigenvalue weighted by atomic mass is 10.2. The van der Waals surface area contributed by atoms with Gasteiger partial charge in [-0.3, -0.25) is 4.90 Å². The van der Waals surface area contributed by atoms with Gasteiger partial charge in [0, 0.05) is 32.3 Å². The van der Waals surface area contributed by atoms with Crippen LogP contribution in [-0.2, 0) is 14.2 Å². The summed E-state index contributed by atoms with van der Waals surface area (Å²) in [5.41, 5.74) is 0. The lowest BCUT2D eigenvalue weighted by Gasteiger charge is -2.35. The molecule has 0 spiro atoms. The minimum absolute atomic E-state index is 0.241. The summed E-state index contributed by atoms with van der Waals surface area (Å²) >= 11 is 0. The first-order valence-electron chi connectivity index (χ1n) is 8.19. The third kappa shape index (κ3) is 6.18. The number of ether oxygens (including phenoxy) is 3. The fourth-order valence-corrected chi connectivity index (χ4v) is 2.96. The van der Waals surface area contributed by atoms with Crippen molar-refractivity contribution in [2.75, 3.05) is 59.2 Å². The molecule has 0 aromatic heterocycles. The molecule has 0 radical (unpaired) electrons. The maximum Gasteiger partial charge on any atom is 0.0897 e. The van der Waals surface area contributed by atoms with Crippen molar-refractivity contribution in [1.82, 2.24) is 10.2 Å². The normalized spacial score (nSPS) is 27.7. The highest BCUT2D eigenvalue weighted by Gasteiger charge is 2.31. The summed E-state index contributed by atoms with van der Waals surface area (Å²) < 4.78 is 16.4. The van der Waals surface area contributed by atoms with Crippen molar-refractivity contribution in [2.45, 2.75) is 38.0 Å². The molecule has 0 aromatic rings. The number of rotatable bonds is 10. The number of nitrogens with one attached hydrogen (secondary N) is 1. The topological polar surface area (TPSA) is 63.2 Å². The molecule has 0 aliphatic carbocycles. The van der Waals surface area contributed by atoms with E-state index in [4.69, 9.17) is 14.2 Å². The average Bonchev–Trinajstić information content (AvgIpc) is 2.94. The van der Waals surface area contributed by atoms with Crippen molar-refractivity contribution in [1.29, 1.82) is 0 Å². The second-order valence-electron chi connectivity index (χ2n) is 5.83. The Labute approximate surface area is 127 Å². The van der Waals surface area contributed by atoms with Gasteiger partial charge in [-0.25, -0.2) is 0 Å². The van der Waals surface area contributed by atoms with Crippen LogP contribution in [0.4, 0.5) is 0 Å². The van der Waals surface area contributed by atoms with Gasteiger partial charge >= 0.3 is 0 Å². The lowest BCUT2D eigenvalue weighted by Crippen LogP contribution is -2.50. The Morgan fingerprint density at radius 3 is 3.10 bits per heavy atom. The Hall–Kier alpha value is -0.240. The highest BCUT2D eigenvalue weighted by atomic mass is 16.5. The zero-order valence-corrected chi connectivity index (χ0v) is 13.1. The molecule has 124 valence electrons. The van der Waals surface area contributed by atoms with E-state index in [2.05, 4.69) is 10.2 Å². The third-order valence-corrected chi connectivity index (χ3v) is 4.10. The Morgan fingerprint density at radius 2 is 2.24 bits per heavy atom. The van der Waals surface area contributed by atoms with E-state index >= 15 is 0 Å². The number of aliphatic hydroxyl groups is 1. The molecule has 2 saturated heterocycles. The molecular formula is C15H30N2O4. The number of hydrogen-bond donors (Lipinski definition) is 2. The van der Waals surface area contributed by atoms with Crippen LogP contribution in [0, 0.1) is 0 Å². The fraction of sp³-hybridized carbons (Fsp3) is 1.00. The summed E-state index contributed by atoms with van der Waals surface area (Å²) in [6.07, 6.45) is 2.34. The first-order chi connectivity index (χ1) is 10.3. The maximum absolute atomic E-state index is 9.81. The standard InChI is InChI=1S/C15H30N2O4/c1-2-19-6-7-20-12-14(18)8-16-9-15-10-17-5-3-4-13(17)11-21-15/h13-16,18H,2-12H2,1H3. The molecular weight excluding hydrogens is 272 g/mol. The molecule has 3 atom stereocenters. The molecule has 6 heteroatoms. The van der Waals surface area contributed by atoms with Gasteiger partial charge in [-0.15, -0.1) is 0 Å². The molecule has 21 heavy (non-hydrogen) atoms. The highest BCUT2D eigenvalue weighted by molar-refractivity contribution is 4.85. The smallest absolute Gasteiger partial charge is 0.0897 e. The van der Waals surface area contributed by atoms with Gasteiger partial charge < -0.3 is 24.6 Å². The number of fused-ring (bicyclic) bond motifs is 1. The Balaban J connectivity index is 1.47. The summed E-state index contributed by atoms with van der Waals surface area (Å²) in [4.78, 5) is 2.53. The van der Waals surface area contributed by atoms with Gasteiger partial charge in [-0.1, -0.05) is 0 Å². The molecule has 0 amide bonds. The molecule has 2 N–H and O–H groups in total. The van der Waals surface area contributed by atoms with Gasteiger partial charge in [0.2, 0.25) is 0 Å². The van der Waals surface area contributed by atoms with Crippen molar-refractivity contribution < 1.29 is 19.3 Å². The number of morpholine rings is 1. The molecule has 3 unspecified atom stereocenters. The number of nitrogens with zero attached hydrogens (tertiary/aromatic N) is 1.